The third kappa shape index (κ3) is 4.94. The zero-order valence-electron chi connectivity index (χ0n) is 18.8. The van der Waals surface area contributed by atoms with Gasteiger partial charge in [0.1, 0.15) is 12.7 Å². The smallest absolute Gasteiger partial charge is 0.251 e. The van der Waals surface area contributed by atoms with E-state index in [1.807, 2.05) is 43.6 Å². The third-order valence-electron chi connectivity index (χ3n) is 5.19. The van der Waals surface area contributed by atoms with Crippen LogP contribution in [0.25, 0.3) is 16.9 Å². The van der Waals surface area contributed by atoms with Gasteiger partial charge < -0.3 is 5.32 Å². The van der Waals surface area contributed by atoms with Gasteiger partial charge in [-0.2, -0.15) is 5.10 Å². The molecule has 7 heteroatoms. The highest BCUT2D eigenvalue weighted by molar-refractivity contribution is 7.10. The predicted molar refractivity (Wildman–Crippen MR) is 128 cm³/mol. The number of carbonyl (C=O) groups is 1. The first-order valence-corrected chi connectivity index (χ1v) is 11.6. The quantitative estimate of drug-likeness (QED) is 0.428. The molecule has 32 heavy (non-hydrogen) atoms. The highest BCUT2D eigenvalue weighted by Gasteiger charge is 2.15. The predicted octanol–water partition coefficient (Wildman–Crippen LogP) is 5.14. The van der Waals surface area contributed by atoms with E-state index in [0.717, 1.165) is 40.1 Å². The van der Waals surface area contributed by atoms with Gasteiger partial charge in [0, 0.05) is 22.5 Å². The maximum absolute atomic E-state index is 13.1. The first kappa shape index (κ1) is 21.9. The molecule has 2 aromatic heterocycles. The van der Waals surface area contributed by atoms with Crippen LogP contribution in [0.3, 0.4) is 0 Å². The maximum atomic E-state index is 13.1. The molecule has 0 aliphatic heterocycles. The number of aromatic nitrogens is 4. The Morgan fingerprint density at radius 2 is 1.97 bits per heavy atom. The van der Waals surface area contributed by atoms with E-state index < -0.39 is 0 Å². The molecule has 0 aliphatic rings. The van der Waals surface area contributed by atoms with Crippen LogP contribution in [0.1, 0.15) is 45.8 Å². The molecule has 1 amide bonds. The molecule has 0 saturated carbocycles. The molecule has 6 nitrogen and oxygen atoms in total. The van der Waals surface area contributed by atoms with Crippen molar-refractivity contribution in [1.82, 2.24) is 25.1 Å². The monoisotopic (exact) mass is 445 g/mol. The summed E-state index contributed by atoms with van der Waals surface area (Å²) in [6.45, 7) is 8.85. The molecule has 2 heterocycles. The number of thiazole rings is 1. The minimum Gasteiger partial charge on any atom is -0.348 e. The molecule has 0 bridgehead atoms. The summed E-state index contributed by atoms with van der Waals surface area (Å²) in [4.78, 5) is 23.0. The number of nitrogens with one attached hydrogen (secondary N) is 1. The Bertz CT molecular complexity index is 1230. The molecule has 0 fully saturated rings. The first-order valence-electron chi connectivity index (χ1n) is 10.7. The minimum absolute atomic E-state index is 0.110. The number of hydrogen-bond donors (Lipinski definition) is 1. The number of hydrogen-bond acceptors (Lipinski definition) is 5. The lowest BCUT2D eigenvalue weighted by Gasteiger charge is -2.13. The average Bonchev–Trinajstić information content (AvgIpc) is 3.43. The van der Waals surface area contributed by atoms with Gasteiger partial charge in [0.25, 0.3) is 5.91 Å². The molecule has 0 saturated heterocycles. The van der Waals surface area contributed by atoms with E-state index >= 15 is 0 Å². The van der Waals surface area contributed by atoms with E-state index in [1.165, 1.54) is 11.2 Å². The van der Waals surface area contributed by atoms with Gasteiger partial charge in [0.15, 0.2) is 0 Å². The highest BCUT2D eigenvalue weighted by Crippen LogP contribution is 2.29. The van der Waals surface area contributed by atoms with Crippen molar-refractivity contribution in [1.29, 1.82) is 0 Å². The molecule has 0 atom stereocenters. The Balaban J connectivity index is 1.57. The number of amides is 1. The number of benzene rings is 2. The molecular weight excluding hydrogens is 418 g/mol. The fraction of sp³-hybridized carbons (Fsp3) is 0.280. The van der Waals surface area contributed by atoms with Crippen molar-refractivity contribution >= 4 is 17.2 Å². The molecular formula is C25H27N5OS. The third-order valence-corrected chi connectivity index (χ3v) is 6.04. The van der Waals surface area contributed by atoms with E-state index in [-0.39, 0.29) is 5.91 Å². The molecule has 0 unspecified atom stereocenters. The lowest BCUT2D eigenvalue weighted by Crippen LogP contribution is -2.24. The summed E-state index contributed by atoms with van der Waals surface area (Å²) in [6, 6.07) is 12.0. The van der Waals surface area contributed by atoms with Crippen molar-refractivity contribution < 1.29 is 4.79 Å². The van der Waals surface area contributed by atoms with Crippen molar-refractivity contribution in [2.75, 3.05) is 0 Å². The van der Waals surface area contributed by atoms with Gasteiger partial charge in [0.2, 0.25) is 0 Å². The van der Waals surface area contributed by atoms with Crippen molar-refractivity contribution in [3.8, 4) is 16.9 Å². The van der Waals surface area contributed by atoms with Gasteiger partial charge in [-0.15, -0.1) is 11.3 Å². The van der Waals surface area contributed by atoms with Crippen LogP contribution in [0, 0.1) is 19.8 Å². The van der Waals surface area contributed by atoms with E-state index in [1.54, 1.807) is 22.3 Å². The van der Waals surface area contributed by atoms with Crippen molar-refractivity contribution in [2.24, 2.45) is 5.92 Å². The fourth-order valence-electron chi connectivity index (χ4n) is 3.76. The summed E-state index contributed by atoms with van der Waals surface area (Å²) in [5.41, 5.74) is 8.54. The Hall–Kier alpha value is -3.32. The topological polar surface area (TPSA) is 72.7 Å². The molecule has 0 spiro atoms. The van der Waals surface area contributed by atoms with Gasteiger partial charge in [-0.05, 0) is 61.6 Å². The lowest BCUT2D eigenvalue weighted by molar-refractivity contribution is 0.0951. The van der Waals surface area contributed by atoms with E-state index in [9.17, 15) is 4.79 Å². The zero-order chi connectivity index (χ0) is 22.7. The summed E-state index contributed by atoms with van der Waals surface area (Å²) < 4.78 is 1.71. The van der Waals surface area contributed by atoms with Crippen LogP contribution in [-0.2, 0) is 13.0 Å². The van der Waals surface area contributed by atoms with E-state index in [2.05, 4.69) is 46.4 Å². The lowest BCUT2D eigenvalue weighted by atomic mass is 10.0. The summed E-state index contributed by atoms with van der Waals surface area (Å²) in [5.74, 6) is 0.442. The normalized spacial score (nSPS) is 11.2. The van der Waals surface area contributed by atoms with Crippen LogP contribution in [0.5, 0.6) is 0 Å². The molecule has 1 N–H and O–H groups in total. The molecule has 0 aliphatic carbocycles. The highest BCUT2D eigenvalue weighted by atomic mass is 32.1. The average molecular weight is 446 g/mol. The van der Waals surface area contributed by atoms with Crippen LogP contribution in [0.15, 0.2) is 54.6 Å². The Morgan fingerprint density at radius 3 is 2.72 bits per heavy atom. The summed E-state index contributed by atoms with van der Waals surface area (Å²) in [7, 11) is 0. The van der Waals surface area contributed by atoms with E-state index in [4.69, 9.17) is 0 Å². The largest absolute Gasteiger partial charge is 0.348 e. The fourth-order valence-corrected chi connectivity index (χ4v) is 4.76. The summed E-state index contributed by atoms with van der Waals surface area (Å²) >= 11 is 1.68. The van der Waals surface area contributed by atoms with Gasteiger partial charge in [0.05, 0.1) is 16.9 Å². The van der Waals surface area contributed by atoms with Crippen LogP contribution in [-0.4, -0.2) is 25.7 Å². The Morgan fingerprint density at radius 1 is 1.12 bits per heavy atom. The molecule has 4 rings (SSSR count). The SMILES string of the molecule is Cc1cc(C(=O)NCc2cc(C)ccc2-n2cncn2)cc(-c2ncsc2CC(C)C)c1. The van der Waals surface area contributed by atoms with Crippen LogP contribution >= 0.6 is 11.3 Å². The van der Waals surface area contributed by atoms with Crippen LogP contribution in [0.4, 0.5) is 0 Å². The standard InChI is InChI=1S/C25H27N5OS/c1-16(2)7-23-24(28-15-32-23)19-9-18(4)10-20(11-19)25(31)27-12-21-8-17(3)5-6-22(21)30-14-26-13-29-30/h5-6,8-11,13-16H,7,12H2,1-4H3,(H,27,31). The minimum atomic E-state index is -0.110. The Labute approximate surface area is 192 Å². The number of aryl methyl sites for hydroxylation is 2. The summed E-state index contributed by atoms with van der Waals surface area (Å²) in [6.07, 6.45) is 4.14. The molecule has 4 aromatic rings. The van der Waals surface area contributed by atoms with Gasteiger partial charge in [-0.1, -0.05) is 31.5 Å². The Kier molecular flexibility index (Phi) is 6.46. The number of rotatable bonds is 7. The first-order chi connectivity index (χ1) is 15.4. The van der Waals surface area contributed by atoms with Crippen molar-refractivity contribution in [3.63, 3.8) is 0 Å². The second kappa shape index (κ2) is 9.44. The second-order valence-electron chi connectivity index (χ2n) is 8.46. The molecule has 164 valence electrons. The summed E-state index contributed by atoms with van der Waals surface area (Å²) in [5, 5.41) is 7.30. The van der Waals surface area contributed by atoms with Crippen molar-refractivity contribution in [3.05, 3.63) is 81.7 Å². The van der Waals surface area contributed by atoms with Crippen LogP contribution in [0.2, 0.25) is 0 Å². The van der Waals surface area contributed by atoms with Crippen molar-refractivity contribution in [2.45, 2.75) is 40.7 Å². The van der Waals surface area contributed by atoms with Crippen LogP contribution < -0.4 is 5.32 Å². The van der Waals surface area contributed by atoms with E-state index in [0.29, 0.717) is 18.0 Å². The zero-order valence-corrected chi connectivity index (χ0v) is 19.6. The number of nitrogens with zero attached hydrogens (tertiary/aromatic N) is 4. The number of carbonyl (C=O) groups excluding carboxylic acids is 1. The van der Waals surface area contributed by atoms with Gasteiger partial charge in [-0.3, -0.25) is 4.79 Å². The van der Waals surface area contributed by atoms with Gasteiger partial charge >= 0.3 is 0 Å². The molecule has 2 aromatic carbocycles. The molecule has 0 radical (unpaired) electrons. The maximum Gasteiger partial charge on any atom is 0.251 e. The second-order valence-corrected chi connectivity index (χ2v) is 9.40. The van der Waals surface area contributed by atoms with Gasteiger partial charge in [-0.25, -0.2) is 14.6 Å².